The average molecular weight is 303 g/mol. The van der Waals surface area contributed by atoms with Crippen molar-refractivity contribution in [2.75, 3.05) is 0 Å². The van der Waals surface area contributed by atoms with E-state index >= 15 is 0 Å². The van der Waals surface area contributed by atoms with E-state index in [1.807, 2.05) is 6.92 Å². The first kappa shape index (κ1) is 16.2. The summed E-state index contributed by atoms with van der Waals surface area (Å²) in [7, 11) is 0. The zero-order chi connectivity index (χ0) is 15.1. The second-order valence-corrected chi connectivity index (χ2v) is 4.66. The average Bonchev–Trinajstić information content (AvgIpc) is 2.39. The minimum Gasteiger partial charge on any atom is -0.480 e. The van der Waals surface area contributed by atoms with Gasteiger partial charge in [-0.25, -0.2) is 14.0 Å². The molecule has 1 rings (SSSR count). The van der Waals surface area contributed by atoms with Crippen LogP contribution in [0.1, 0.15) is 25.3 Å². The van der Waals surface area contributed by atoms with Crippen molar-refractivity contribution in [3.05, 3.63) is 34.6 Å². The van der Waals surface area contributed by atoms with Crippen molar-refractivity contribution >= 4 is 23.6 Å². The van der Waals surface area contributed by atoms with Gasteiger partial charge in [0.2, 0.25) is 0 Å². The lowest BCUT2D eigenvalue weighted by Gasteiger charge is -2.14. The molecule has 0 aromatic heterocycles. The van der Waals surface area contributed by atoms with E-state index in [-0.39, 0.29) is 11.6 Å². The quantitative estimate of drug-likeness (QED) is 0.755. The van der Waals surface area contributed by atoms with E-state index in [1.165, 1.54) is 18.2 Å². The van der Waals surface area contributed by atoms with Gasteiger partial charge in [-0.15, -0.1) is 0 Å². The van der Waals surface area contributed by atoms with Crippen molar-refractivity contribution in [2.45, 2.75) is 32.4 Å². The SMILES string of the molecule is CCCC(NC(=O)NCc1ccc(F)c(Cl)c1)C(=O)O. The molecular weight excluding hydrogens is 287 g/mol. The summed E-state index contributed by atoms with van der Waals surface area (Å²) in [5.41, 5.74) is 0.619. The number of aliphatic carboxylic acids is 1. The Kier molecular flexibility index (Phi) is 6.24. The fourth-order valence-electron chi connectivity index (χ4n) is 1.59. The monoisotopic (exact) mass is 302 g/mol. The molecule has 0 saturated carbocycles. The van der Waals surface area contributed by atoms with Crippen molar-refractivity contribution in [3.63, 3.8) is 0 Å². The minimum atomic E-state index is -1.08. The van der Waals surface area contributed by atoms with E-state index in [9.17, 15) is 14.0 Å². The van der Waals surface area contributed by atoms with Gasteiger partial charge in [0.25, 0.3) is 0 Å². The maximum atomic E-state index is 12.9. The Morgan fingerprint density at radius 1 is 1.45 bits per heavy atom. The highest BCUT2D eigenvalue weighted by molar-refractivity contribution is 6.30. The molecule has 0 radical (unpaired) electrons. The largest absolute Gasteiger partial charge is 0.480 e. The summed E-state index contributed by atoms with van der Waals surface area (Å²) in [6, 6.07) is 2.58. The Labute approximate surface area is 121 Å². The van der Waals surface area contributed by atoms with E-state index in [0.29, 0.717) is 18.4 Å². The number of carbonyl (C=O) groups excluding carboxylic acids is 1. The molecule has 0 bridgehead atoms. The van der Waals surface area contributed by atoms with E-state index in [4.69, 9.17) is 16.7 Å². The Bertz CT molecular complexity index is 497. The fraction of sp³-hybridized carbons (Fsp3) is 0.385. The molecule has 3 N–H and O–H groups in total. The molecular formula is C13H16ClFN2O3. The van der Waals surface area contributed by atoms with Crippen LogP contribution in [-0.2, 0) is 11.3 Å². The Hall–Kier alpha value is -1.82. The second-order valence-electron chi connectivity index (χ2n) is 4.25. The Morgan fingerprint density at radius 2 is 2.15 bits per heavy atom. The summed E-state index contributed by atoms with van der Waals surface area (Å²) in [6.07, 6.45) is 0.996. The number of amides is 2. The van der Waals surface area contributed by atoms with Gasteiger partial charge in [0.05, 0.1) is 5.02 Å². The van der Waals surface area contributed by atoms with Gasteiger partial charge in [0.1, 0.15) is 11.9 Å². The van der Waals surface area contributed by atoms with Crippen LogP contribution in [0.2, 0.25) is 5.02 Å². The summed E-state index contributed by atoms with van der Waals surface area (Å²) in [5, 5.41) is 13.7. The minimum absolute atomic E-state index is 0.0286. The van der Waals surface area contributed by atoms with Crippen molar-refractivity contribution in [1.29, 1.82) is 0 Å². The molecule has 0 fully saturated rings. The molecule has 0 saturated heterocycles. The van der Waals surface area contributed by atoms with E-state index in [2.05, 4.69) is 10.6 Å². The standard InChI is InChI=1S/C13H16ClFN2O3/c1-2-3-11(12(18)19)17-13(20)16-7-8-4-5-10(15)9(14)6-8/h4-6,11H,2-3,7H2,1H3,(H,18,19)(H2,16,17,20). The van der Waals surface area contributed by atoms with Crippen LogP contribution in [0.25, 0.3) is 0 Å². The summed E-state index contributed by atoms with van der Waals surface area (Å²) < 4.78 is 12.9. The number of urea groups is 1. The maximum Gasteiger partial charge on any atom is 0.326 e. The highest BCUT2D eigenvalue weighted by atomic mass is 35.5. The number of nitrogens with one attached hydrogen (secondary N) is 2. The summed E-state index contributed by atoms with van der Waals surface area (Å²) in [5.74, 6) is -1.61. The lowest BCUT2D eigenvalue weighted by atomic mass is 10.2. The van der Waals surface area contributed by atoms with Gasteiger partial charge in [0.15, 0.2) is 0 Å². The number of hydrogen-bond donors (Lipinski definition) is 3. The lowest BCUT2D eigenvalue weighted by Crippen LogP contribution is -2.45. The number of rotatable bonds is 6. The molecule has 0 aliphatic rings. The van der Waals surface area contributed by atoms with E-state index in [0.717, 1.165) is 0 Å². The third kappa shape index (κ3) is 5.05. The molecule has 7 heteroatoms. The van der Waals surface area contributed by atoms with Gasteiger partial charge in [-0.3, -0.25) is 0 Å². The third-order valence-corrected chi connectivity index (χ3v) is 2.91. The van der Waals surface area contributed by atoms with Crippen LogP contribution >= 0.6 is 11.6 Å². The van der Waals surface area contributed by atoms with Crippen molar-refractivity contribution in [1.82, 2.24) is 10.6 Å². The molecule has 1 atom stereocenters. The van der Waals surface area contributed by atoms with Crippen LogP contribution in [0.3, 0.4) is 0 Å². The molecule has 2 amide bonds. The normalized spacial score (nSPS) is 11.8. The smallest absolute Gasteiger partial charge is 0.326 e. The number of carbonyl (C=O) groups is 2. The van der Waals surface area contributed by atoms with E-state index < -0.39 is 23.9 Å². The zero-order valence-corrected chi connectivity index (χ0v) is 11.7. The van der Waals surface area contributed by atoms with Gasteiger partial charge in [-0.05, 0) is 24.1 Å². The molecule has 1 aromatic carbocycles. The fourth-order valence-corrected chi connectivity index (χ4v) is 1.79. The zero-order valence-electron chi connectivity index (χ0n) is 11.0. The summed E-state index contributed by atoms with van der Waals surface area (Å²) in [4.78, 5) is 22.4. The maximum absolute atomic E-state index is 12.9. The van der Waals surface area contributed by atoms with Crippen LogP contribution in [0.5, 0.6) is 0 Å². The number of hydrogen-bond acceptors (Lipinski definition) is 2. The van der Waals surface area contributed by atoms with Crippen LogP contribution in [-0.4, -0.2) is 23.1 Å². The molecule has 0 aliphatic carbocycles. The van der Waals surface area contributed by atoms with Crippen LogP contribution in [0, 0.1) is 5.82 Å². The second kappa shape index (κ2) is 7.69. The van der Waals surface area contributed by atoms with Crippen LogP contribution in [0.15, 0.2) is 18.2 Å². The van der Waals surface area contributed by atoms with Gasteiger partial charge in [-0.2, -0.15) is 0 Å². The van der Waals surface area contributed by atoms with Crippen molar-refractivity contribution in [3.8, 4) is 0 Å². The molecule has 5 nitrogen and oxygen atoms in total. The first-order chi connectivity index (χ1) is 9.43. The summed E-state index contributed by atoms with van der Waals surface area (Å²) in [6.45, 7) is 1.96. The third-order valence-electron chi connectivity index (χ3n) is 2.62. The number of halogens is 2. The predicted octanol–water partition coefficient (Wildman–Crippen LogP) is 2.53. The molecule has 110 valence electrons. The van der Waals surface area contributed by atoms with Crippen molar-refractivity contribution < 1.29 is 19.1 Å². The lowest BCUT2D eigenvalue weighted by molar-refractivity contribution is -0.139. The van der Waals surface area contributed by atoms with Crippen molar-refractivity contribution in [2.24, 2.45) is 0 Å². The first-order valence-corrected chi connectivity index (χ1v) is 6.53. The predicted molar refractivity (Wildman–Crippen MR) is 73.1 cm³/mol. The molecule has 1 unspecified atom stereocenters. The number of benzene rings is 1. The van der Waals surface area contributed by atoms with Gasteiger partial charge >= 0.3 is 12.0 Å². The van der Waals surface area contributed by atoms with Crippen LogP contribution in [0.4, 0.5) is 9.18 Å². The molecule has 0 aliphatic heterocycles. The van der Waals surface area contributed by atoms with Gasteiger partial charge in [-0.1, -0.05) is 31.0 Å². The Balaban J connectivity index is 2.50. The molecule has 1 aromatic rings. The highest BCUT2D eigenvalue weighted by Crippen LogP contribution is 2.15. The van der Waals surface area contributed by atoms with Gasteiger partial charge < -0.3 is 15.7 Å². The Morgan fingerprint density at radius 3 is 2.70 bits per heavy atom. The number of carboxylic acid groups (broad SMARTS) is 1. The van der Waals surface area contributed by atoms with Gasteiger partial charge in [0, 0.05) is 6.54 Å². The van der Waals surface area contributed by atoms with E-state index in [1.54, 1.807) is 0 Å². The first-order valence-electron chi connectivity index (χ1n) is 6.15. The molecule has 20 heavy (non-hydrogen) atoms. The topological polar surface area (TPSA) is 78.4 Å². The summed E-state index contributed by atoms with van der Waals surface area (Å²) >= 11 is 5.62. The van der Waals surface area contributed by atoms with Crippen LogP contribution < -0.4 is 10.6 Å². The highest BCUT2D eigenvalue weighted by Gasteiger charge is 2.18. The molecule has 0 spiro atoms. The number of carboxylic acids is 1. The molecule has 0 heterocycles.